The van der Waals surface area contributed by atoms with Crippen LogP contribution in [-0.4, -0.2) is 32.0 Å². The van der Waals surface area contributed by atoms with Crippen molar-refractivity contribution in [3.05, 3.63) is 106 Å². The molecule has 5 rings (SSSR count). The van der Waals surface area contributed by atoms with Gasteiger partial charge in [0.2, 0.25) is 5.13 Å². The van der Waals surface area contributed by atoms with Gasteiger partial charge >= 0.3 is 5.91 Å². The highest BCUT2D eigenvalue weighted by molar-refractivity contribution is 9.10. The highest BCUT2D eigenvalue weighted by Crippen LogP contribution is 2.44. The van der Waals surface area contributed by atoms with Crippen LogP contribution in [0.4, 0.5) is 5.13 Å². The minimum Gasteiger partial charge on any atom is -0.507 e. The molecule has 2 aromatic carbocycles. The maximum absolute atomic E-state index is 13.2. The zero-order chi connectivity index (χ0) is 24.4. The molecule has 2 aromatic heterocycles. The van der Waals surface area contributed by atoms with Gasteiger partial charge in [-0.05, 0) is 35.4 Å². The van der Waals surface area contributed by atoms with E-state index in [0.29, 0.717) is 26.4 Å². The van der Waals surface area contributed by atoms with Gasteiger partial charge < -0.3 is 5.11 Å². The Bertz CT molecular complexity index is 1410. The predicted molar refractivity (Wildman–Crippen MR) is 139 cm³/mol. The lowest BCUT2D eigenvalue weighted by Crippen LogP contribution is -2.29. The minimum absolute atomic E-state index is 0.00258. The molecular weight excluding hydrogens is 548 g/mol. The van der Waals surface area contributed by atoms with Crippen LogP contribution in [0.3, 0.4) is 0 Å². The van der Waals surface area contributed by atoms with Crippen molar-refractivity contribution in [3.8, 4) is 0 Å². The third-order valence-electron chi connectivity index (χ3n) is 5.39. The van der Waals surface area contributed by atoms with E-state index in [9.17, 15) is 14.7 Å². The monoisotopic (exact) mass is 564 g/mol. The molecule has 1 amide bonds. The van der Waals surface area contributed by atoms with Crippen LogP contribution < -0.4 is 4.90 Å². The number of anilines is 1. The van der Waals surface area contributed by atoms with Gasteiger partial charge in [0.05, 0.1) is 11.6 Å². The molecule has 3 heterocycles. The van der Waals surface area contributed by atoms with Crippen molar-refractivity contribution in [1.29, 1.82) is 0 Å². The normalized spacial score (nSPS) is 17.2. The minimum atomic E-state index is -0.851. The van der Waals surface area contributed by atoms with Crippen LogP contribution in [0.2, 0.25) is 0 Å². The molecule has 0 bridgehead atoms. The number of pyridine rings is 1. The smallest absolute Gasteiger partial charge is 0.301 e. The lowest BCUT2D eigenvalue weighted by molar-refractivity contribution is -0.132. The predicted octanol–water partition coefficient (Wildman–Crippen LogP) is 5.61. The maximum Gasteiger partial charge on any atom is 0.301 e. The number of carbonyl (C=O) groups excluding carboxylic acids is 2. The van der Waals surface area contributed by atoms with Gasteiger partial charge in [-0.1, -0.05) is 81.5 Å². The quantitative estimate of drug-likeness (QED) is 0.107. The lowest BCUT2D eigenvalue weighted by Gasteiger charge is -2.22. The summed E-state index contributed by atoms with van der Waals surface area (Å²) in [4.78, 5) is 31.7. The fraction of sp³-hybridized carbons (Fsp3) is 0.0800. The summed E-state index contributed by atoms with van der Waals surface area (Å²) in [7, 11) is 0. The van der Waals surface area contributed by atoms with Gasteiger partial charge in [0.15, 0.2) is 4.34 Å². The van der Waals surface area contributed by atoms with Gasteiger partial charge in [0.25, 0.3) is 5.78 Å². The van der Waals surface area contributed by atoms with Crippen LogP contribution >= 0.6 is 39.0 Å². The largest absolute Gasteiger partial charge is 0.507 e. The van der Waals surface area contributed by atoms with E-state index >= 15 is 0 Å². The number of halogens is 1. The van der Waals surface area contributed by atoms with Gasteiger partial charge in [0.1, 0.15) is 5.76 Å². The Morgan fingerprint density at radius 3 is 2.43 bits per heavy atom. The van der Waals surface area contributed by atoms with Crippen molar-refractivity contribution in [3.63, 3.8) is 0 Å². The van der Waals surface area contributed by atoms with Crippen molar-refractivity contribution >= 4 is 61.6 Å². The van der Waals surface area contributed by atoms with Crippen LogP contribution in [-0.2, 0) is 15.3 Å². The number of rotatable bonds is 6. The molecule has 7 nitrogen and oxygen atoms in total. The molecule has 1 unspecified atom stereocenters. The number of aromatic nitrogens is 3. The fourth-order valence-electron chi connectivity index (χ4n) is 3.73. The molecule has 174 valence electrons. The Labute approximate surface area is 217 Å². The highest BCUT2D eigenvalue weighted by atomic mass is 79.9. The number of thioether (sulfide) groups is 1. The molecule has 10 heteroatoms. The number of aliphatic hydroxyl groups is 1. The lowest BCUT2D eigenvalue weighted by atomic mass is 9.96. The number of aliphatic hydroxyl groups excluding tert-OH is 1. The molecular formula is C25H17BrN4O3S2. The first-order valence-corrected chi connectivity index (χ1v) is 13.1. The van der Waals surface area contributed by atoms with Gasteiger partial charge in [0, 0.05) is 28.2 Å². The Balaban J connectivity index is 1.54. The Kier molecular flexibility index (Phi) is 6.76. The number of Topliss-reactive ketones (excluding diaryl/α,β-unsaturated/α-hetero) is 1. The van der Waals surface area contributed by atoms with E-state index in [1.54, 1.807) is 24.3 Å². The van der Waals surface area contributed by atoms with Crippen molar-refractivity contribution in [2.75, 3.05) is 4.90 Å². The molecule has 1 fully saturated rings. The fourth-order valence-corrected chi connectivity index (χ4v) is 5.82. The third-order valence-corrected chi connectivity index (χ3v) is 8.05. The molecule has 1 aliphatic rings. The molecule has 0 spiro atoms. The number of benzene rings is 2. The van der Waals surface area contributed by atoms with E-state index in [-0.39, 0.29) is 11.3 Å². The number of ketones is 1. The molecule has 4 aromatic rings. The van der Waals surface area contributed by atoms with Gasteiger partial charge in [-0.15, -0.1) is 10.2 Å². The van der Waals surface area contributed by atoms with Crippen LogP contribution in [0.25, 0.3) is 5.76 Å². The molecule has 0 radical (unpaired) electrons. The first-order chi connectivity index (χ1) is 17.0. The van der Waals surface area contributed by atoms with Crippen LogP contribution in [0.15, 0.2) is 93.5 Å². The van der Waals surface area contributed by atoms with Gasteiger partial charge in [-0.3, -0.25) is 19.5 Å². The SMILES string of the molecule is O=C1C(=O)N(c2nnc(SCc3ccccc3)s2)C(c2ccc(Br)cc2)C1=C(O)c1ccncc1. The Hall–Kier alpha value is -3.34. The summed E-state index contributed by atoms with van der Waals surface area (Å²) in [6.07, 6.45) is 3.03. The van der Waals surface area contributed by atoms with E-state index in [2.05, 4.69) is 31.1 Å². The number of hydrogen-bond acceptors (Lipinski definition) is 8. The van der Waals surface area contributed by atoms with Gasteiger partial charge in [-0.2, -0.15) is 0 Å². The summed E-state index contributed by atoms with van der Waals surface area (Å²) >= 11 is 6.16. The molecule has 1 atom stereocenters. The van der Waals surface area contributed by atoms with Crippen molar-refractivity contribution < 1.29 is 14.7 Å². The second-order valence-corrected chi connectivity index (χ2v) is 10.7. The van der Waals surface area contributed by atoms with E-state index < -0.39 is 17.7 Å². The van der Waals surface area contributed by atoms with Crippen LogP contribution in [0, 0.1) is 0 Å². The standard InChI is InChI=1S/C25H17BrN4O3S2/c26-18-8-6-16(7-9-18)20-19(21(31)17-10-12-27-13-11-17)22(32)23(33)30(20)24-28-29-25(35-24)34-14-15-4-2-1-3-5-15/h1-13,20,31H,14H2. The highest BCUT2D eigenvalue weighted by Gasteiger charge is 2.48. The van der Waals surface area contributed by atoms with Gasteiger partial charge in [-0.25, -0.2) is 0 Å². The van der Waals surface area contributed by atoms with E-state index in [4.69, 9.17) is 0 Å². The summed E-state index contributed by atoms with van der Waals surface area (Å²) in [5.74, 6) is -1.10. The molecule has 35 heavy (non-hydrogen) atoms. The average molecular weight is 565 g/mol. The number of amides is 1. The molecule has 0 aliphatic carbocycles. The van der Waals surface area contributed by atoms with Crippen LogP contribution in [0.5, 0.6) is 0 Å². The topological polar surface area (TPSA) is 96.3 Å². The van der Waals surface area contributed by atoms with Crippen molar-refractivity contribution in [1.82, 2.24) is 15.2 Å². The second kappa shape index (κ2) is 10.1. The number of nitrogens with zero attached hydrogens (tertiary/aromatic N) is 4. The number of carbonyl (C=O) groups is 2. The van der Waals surface area contributed by atoms with Crippen LogP contribution in [0.1, 0.15) is 22.7 Å². The average Bonchev–Trinajstić information content (AvgIpc) is 3.46. The Morgan fingerprint density at radius 2 is 1.71 bits per heavy atom. The summed E-state index contributed by atoms with van der Waals surface area (Å²) in [6, 6.07) is 19.5. The molecule has 1 saturated heterocycles. The van der Waals surface area contributed by atoms with Crippen molar-refractivity contribution in [2.24, 2.45) is 0 Å². The Morgan fingerprint density at radius 1 is 1.00 bits per heavy atom. The number of hydrogen-bond donors (Lipinski definition) is 1. The molecule has 0 saturated carbocycles. The van der Waals surface area contributed by atoms with E-state index in [0.717, 1.165) is 10.0 Å². The molecule has 1 N–H and O–H groups in total. The summed E-state index contributed by atoms with van der Waals surface area (Å²) < 4.78 is 1.53. The summed E-state index contributed by atoms with van der Waals surface area (Å²) in [5.41, 5.74) is 2.20. The molecule has 1 aliphatic heterocycles. The van der Waals surface area contributed by atoms with Crippen molar-refractivity contribution in [2.45, 2.75) is 16.1 Å². The third kappa shape index (κ3) is 4.77. The summed E-state index contributed by atoms with van der Waals surface area (Å²) in [5, 5.41) is 19.8. The zero-order valence-corrected chi connectivity index (χ0v) is 21.3. The first-order valence-electron chi connectivity index (χ1n) is 10.5. The van der Waals surface area contributed by atoms with E-state index in [1.807, 2.05) is 42.5 Å². The summed E-state index contributed by atoms with van der Waals surface area (Å²) in [6.45, 7) is 0. The zero-order valence-electron chi connectivity index (χ0n) is 18.0. The van der Waals surface area contributed by atoms with E-state index in [1.165, 1.54) is 40.4 Å². The maximum atomic E-state index is 13.2. The second-order valence-electron chi connectivity index (χ2n) is 7.58. The first kappa shape index (κ1) is 23.4.